The van der Waals surface area contributed by atoms with Crippen molar-refractivity contribution in [2.24, 2.45) is 0 Å². The van der Waals surface area contributed by atoms with Crippen LogP contribution in [0.15, 0.2) is 40.8 Å². The van der Waals surface area contributed by atoms with Gasteiger partial charge in [0.15, 0.2) is 23.9 Å². The molecule has 52 heavy (non-hydrogen) atoms. The molecular weight excluding hydrogens is 704 g/mol. The summed E-state index contributed by atoms with van der Waals surface area (Å²) >= 11 is 0. The van der Waals surface area contributed by atoms with Crippen LogP contribution in [0.25, 0.3) is 22.3 Å². The number of fused-ring (bicyclic) bond motifs is 1. The lowest BCUT2D eigenvalue weighted by molar-refractivity contribution is -0.344. The van der Waals surface area contributed by atoms with Crippen LogP contribution in [0.3, 0.4) is 0 Å². The van der Waals surface area contributed by atoms with E-state index in [1.807, 2.05) is 0 Å². The van der Waals surface area contributed by atoms with Gasteiger partial charge in [0.1, 0.15) is 77.9 Å². The highest BCUT2D eigenvalue weighted by Crippen LogP contribution is 2.43. The molecule has 0 radical (unpaired) electrons. The fourth-order valence-electron chi connectivity index (χ4n) is 5.97. The Morgan fingerprint density at radius 3 is 1.96 bits per heavy atom. The predicted octanol–water partition coefficient (Wildman–Crippen LogP) is -3.68. The quantitative estimate of drug-likeness (QED) is 0.0741. The lowest BCUT2D eigenvalue weighted by Crippen LogP contribution is -2.63. The van der Waals surface area contributed by atoms with E-state index >= 15 is 0 Å². The minimum absolute atomic E-state index is 0.0568. The van der Waals surface area contributed by atoms with E-state index in [9.17, 15) is 66.4 Å². The van der Waals surface area contributed by atoms with Crippen molar-refractivity contribution < 1.29 is 99.2 Å². The molecule has 3 fully saturated rings. The summed E-state index contributed by atoms with van der Waals surface area (Å²) in [5.74, 6) is -2.28. The van der Waals surface area contributed by atoms with Crippen molar-refractivity contribution in [3.63, 3.8) is 0 Å². The first-order chi connectivity index (χ1) is 24.7. The molecule has 2 aromatic carbocycles. The third kappa shape index (κ3) is 7.27. The maximum Gasteiger partial charge on any atom is 0.402 e. The second kappa shape index (κ2) is 15.3. The predicted molar refractivity (Wildman–Crippen MR) is 166 cm³/mol. The van der Waals surface area contributed by atoms with Crippen LogP contribution in [-0.2, 0) is 18.9 Å². The summed E-state index contributed by atoms with van der Waals surface area (Å²) < 4.78 is 39.9. The molecule has 1 aromatic heterocycles. The van der Waals surface area contributed by atoms with Gasteiger partial charge in [-0.1, -0.05) is 0 Å². The molecule has 20 nitrogen and oxygen atoms in total. The lowest BCUT2D eigenvalue weighted by atomic mass is 9.98. The molecule has 0 saturated carbocycles. The standard InChI is InChI=1S/C32H38O20/c33-7-19-22(40)24(42)27(45)31(50-19)47-11-4-14(36)12-6-18(28(48-17(12)5-11)10-1-2-13(35)15(37)3-10)49-32-29(25(43)23(41)20(8-34)51-32)52-30-26(44)21(39)16(38)9-46-30/h1-6,16,19-27,29-34,38-45H,7-9H2,(H2-,35,36,37)/p+1/t16-,19+,20-,21+,22+,23-,24-,25+,26-,27+,29-,30+,31+,32-/m0/s1. The Balaban J connectivity index is 1.39. The molecule has 14 atom stereocenters. The van der Waals surface area contributed by atoms with Crippen LogP contribution in [0.2, 0.25) is 0 Å². The van der Waals surface area contributed by atoms with Crippen molar-refractivity contribution >= 4 is 11.0 Å². The first kappa shape index (κ1) is 38.0. The molecule has 3 saturated heterocycles. The molecule has 4 heterocycles. The zero-order valence-electron chi connectivity index (χ0n) is 26.8. The monoisotopic (exact) mass is 743 g/mol. The summed E-state index contributed by atoms with van der Waals surface area (Å²) in [6.07, 6.45) is -23.3. The van der Waals surface area contributed by atoms with Gasteiger partial charge in [0.05, 0.1) is 31.5 Å². The number of hydrogen-bond acceptors (Lipinski definition) is 19. The number of benzene rings is 2. The maximum atomic E-state index is 11.1. The van der Waals surface area contributed by atoms with Crippen molar-refractivity contribution in [3.05, 3.63) is 36.4 Å². The molecule has 0 spiro atoms. The highest BCUT2D eigenvalue weighted by molar-refractivity contribution is 5.88. The molecule has 0 aliphatic carbocycles. The van der Waals surface area contributed by atoms with Crippen LogP contribution in [0.5, 0.6) is 28.7 Å². The molecule has 0 bridgehead atoms. The van der Waals surface area contributed by atoms with E-state index in [4.69, 9.17) is 32.8 Å². The molecule has 286 valence electrons. The summed E-state index contributed by atoms with van der Waals surface area (Å²) in [6.45, 7) is -2.00. The summed E-state index contributed by atoms with van der Waals surface area (Å²) in [5.41, 5.74) is -0.0653. The first-order valence-corrected chi connectivity index (χ1v) is 16.0. The number of ether oxygens (including phenoxy) is 6. The normalized spacial score (nSPS) is 36.8. The minimum Gasteiger partial charge on any atom is -0.507 e. The van der Waals surface area contributed by atoms with Crippen molar-refractivity contribution in [1.29, 1.82) is 0 Å². The minimum atomic E-state index is -1.87. The van der Waals surface area contributed by atoms with Crippen LogP contribution >= 0.6 is 0 Å². The van der Waals surface area contributed by atoms with Gasteiger partial charge in [0, 0.05) is 18.2 Å². The molecule has 3 aromatic rings. The number of phenolic OH excluding ortho intramolecular Hbond substituents is 3. The molecule has 20 heteroatoms. The highest BCUT2D eigenvalue weighted by Gasteiger charge is 2.51. The Morgan fingerprint density at radius 1 is 0.635 bits per heavy atom. The van der Waals surface area contributed by atoms with Crippen LogP contribution in [0, 0.1) is 0 Å². The number of aliphatic hydroxyl groups is 10. The van der Waals surface area contributed by atoms with Gasteiger partial charge in [-0.3, -0.25) is 0 Å². The van der Waals surface area contributed by atoms with Gasteiger partial charge < -0.3 is 94.8 Å². The van der Waals surface area contributed by atoms with E-state index in [-0.39, 0.29) is 33.8 Å². The van der Waals surface area contributed by atoms with Gasteiger partial charge in [-0.25, -0.2) is 4.42 Å². The summed E-state index contributed by atoms with van der Waals surface area (Å²) in [7, 11) is 0. The molecule has 0 amide bonds. The van der Waals surface area contributed by atoms with E-state index in [1.165, 1.54) is 18.2 Å². The Morgan fingerprint density at radius 2 is 1.29 bits per heavy atom. The van der Waals surface area contributed by atoms with Crippen LogP contribution < -0.4 is 9.47 Å². The van der Waals surface area contributed by atoms with E-state index in [1.54, 1.807) is 0 Å². The van der Waals surface area contributed by atoms with Gasteiger partial charge in [-0.05, 0) is 12.1 Å². The highest BCUT2D eigenvalue weighted by atomic mass is 16.8. The van der Waals surface area contributed by atoms with Gasteiger partial charge in [0.25, 0.3) is 0 Å². The fourth-order valence-corrected chi connectivity index (χ4v) is 5.97. The molecule has 13 N–H and O–H groups in total. The van der Waals surface area contributed by atoms with Gasteiger partial charge in [0.2, 0.25) is 18.3 Å². The van der Waals surface area contributed by atoms with Gasteiger partial charge in [-0.2, -0.15) is 0 Å². The summed E-state index contributed by atoms with van der Waals surface area (Å²) in [6, 6.07) is 7.05. The Labute approximate surface area is 292 Å². The Hall–Kier alpha value is -3.71. The van der Waals surface area contributed by atoms with E-state index in [0.29, 0.717) is 0 Å². The number of hydrogen-bond donors (Lipinski definition) is 13. The smallest absolute Gasteiger partial charge is 0.402 e. The number of phenols is 3. The second-order valence-corrected chi connectivity index (χ2v) is 12.5. The van der Waals surface area contributed by atoms with Crippen LogP contribution in [0.4, 0.5) is 0 Å². The van der Waals surface area contributed by atoms with Crippen molar-refractivity contribution in [1.82, 2.24) is 0 Å². The average Bonchev–Trinajstić information content (AvgIpc) is 3.12. The fraction of sp³-hybridized carbons (Fsp3) is 0.531. The average molecular weight is 744 g/mol. The molecule has 3 aliphatic heterocycles. The third-order valence-corrected chi connectivity index (χ3v) is 8.96. The third-order valence-electron chi connectivity index (χ3n) is 8.96. The lowest BCUT2D eigenvalue weighted by Gasteiger charge is -2.44. The summed E-state index contributed by atoms with van der Waals surface area (Å²) in [4.78, 5) is 0. The summed E-state index contributed by atoms with van der Waals surface area (Å²) in [5, 5.41) is 133. The van der Waals surface area contributed by atoms with Crippen LogP contribution in [0.1, 0.15) is 0 Å². The number of aromatic hydroxyl groups is 3. The molecule has 3 aliphatic rings. The molecule has 0 unspecified atom stereocenters. The van der Waals surface area contributed by atoms with E-state index < -0.39 is 123 Å². The molecular formula is C32H39O20+. The van der Waals surface area contributed by atoms with Crippen molar-refractivity contribution in [3.8, 4) is 40.1 Å². The maximum absolute atomic E-state index is 11.1. The van der Waals surface area contributed by atoms with Gasteiger partial charge >= 0.3 is 11.3 Å². The Kier molecular flexibility index (Phi) is 11.2. The Bertz CT molecular complexity index is 1710. The number of rotatable bonds is 9. The topological polar surface area (TPSA) is 330 Å². The van der Waals surface area contributed by atoms with E-state index in [2.05, 4.69) is 0 Å². The second-order valence-electron chi connectivity index (χ2n) is 12.5. The van der Waals surface area contributed by atoms with Gasteiger partial charge in [-0.15, -0.1) is 0 Å². The number of aliphatic hydroxyl groups excluding tert-OH is 10. The zero-order valence-corrected chi connectivity index (χ0v) is 26.8. The molecule has 6 rings (SSSR count). The van der Waals surface area contributed by atoms with Crippen LogP contribution in [-0.4, -0.2) is 172 Å². The van der Waals surface area contributed by atoms with Crippen molar-refractivity contribution in [2.75, 3.05) is 19.8 Å². The zero-order chi connectivity index (χ0) is 37.6. The SMILES string of the molecule is OC[C@@H]1O[C@H](Oc2cc3c(O)cc(O[C@@H]4O[C@H](CO)[C@@H](O)[C@H](O)[C@H]4O)cc3[o+]c2-c2ccc(O)c(O)c2)[C@@H](O[C@H]2OC[C@H](O)[C@@H](O)[C@@H]2O)[C@H](O)[C@H]1O. The van der Waals surface area contributed by atoms with Crippen molar-refractivity contribution in [2.45, 2.75) is 86.0 Å². The van der Waals surface area contributed by atoms with E-state index in [0.717, 1.165) is 18.2 Å². The largest absolute Gasteiger partial charge is 0.507 e. The first-order valence-electron chi connectivity index (χ1n) is 16.0.